The molecule has 154 valence electrons. The standard InChI is InChI=1S/C21H23BrN8/c1-24-29-28-20(23)16-9-7-14(8-10-16)12-25-19-11-18(15-5-3-2-4-6-15)27-21-17(22)13-26-30(19)21/h7-13,15,29H,1-6H2,(H2,23,28)/b25-12+. The van der Waals surface area contributed by atoms with Crippen molar-refractivity contribution in [3.05, 3.63) is 57.8 Å². The van der Waals surface area contributed by atoms with Crippen molar-refractivity contribution >= 4 is 46.2 Å². The molecular weight excluding hydrogens is 444 g/mol. The Labute approximate surface area is 183 Å². The van der Waals surface area contributed by atoms with Crippen LogP contribution in [0.2, 0.25) is 0 Å². The first-order valence-electron chi connectivity index (χ1n) is 9.88. The van der Waals surface area contributed by atoms with Gasteiger partial charge in [0.15, 0.2) is 17.3 Å². The van der Waals surface area contributed by atoms with E-state index in [0.29, 0.717) is 11.8 Å². The van der Waals surface area contributed by atoms with Crippen molar-refractivity contribution in [1.82, 2.24) is 20.1 Å². The first-order valence-corrected chi connectivity index (χ1v) is 10.7. The van der Waals surface area contributed by atoms with E-state index in [4.69, 9.17) is 15.7 Å². The first-order chi connectivity index (χ1) is 14.7. The van der Waals surface area contributed by atoms with E-state index < -0.39 is 0 Å². The topological polar surface area (TPSA) is 105 Å². The molecule has 0 spiro atoms. The van der Waals surface area contributed by atoms with E-state index >= 15 is 0 Å². The summed E-state index contributed by atoms with van der Waals surface area (Å²) >= 11 is 3.56. The summed E-state index contributed by atoms with van der Waals surface area (Å²) in [5, 5.41) is 11.8. The molecule has 3 aromatic rings. The number of hydrazone groups is 2. The largest absolute Gasteiger partial charge is 0.382 e. The van der Waals surface area contributed by atoms with E-state index in [-0.39, 0.29) is 0 Å². The molecule has 8 nitrogen and oxygen atoms in total. The van der Waals surface area contributed by atoms with Gasteiger partial charge in [-0.05, 0) is 34.3 Å². The lowest BCUT2D eigenvalue weighted by Crippen LogP contribution is -2.16. The SMILES string of the molecule is C=NN/N=C(\N)c1ccc(/C=N/c2cc(C3CCCCC3)nc3c(Br)cnn23)cc1. The Balaban J connectivity index is 1.62. The first kappa shape index (κ1) is 20.2. The smallest absolute Gasteiger partial charge is 0.172 e. The second-order valence-electron chi connectivity index (χ2n) is 7.24. The average Bonchev–Trinajstić information content (AvgIpc) is 3.17. The van der Waals surface area contributed by atoms with E-state index in [2.05, 4.69) is 49.6 Å². The van der Waals surface area contributed by atoms with E-state index in [1.54, 1.807) is 10.7 Å². The number of aromatic nitrogens is 3. The highest BCUT2D eigenvalue weighted by Crippen LogP contribution is 2.34. The monoisotopic (exact) mass is 466 g/mol. The van der Waals surface area contributed by atoms with Crippen molar-refractivity contribution in [1.29, 1.82) is 0 Å². The molecule has 4 rings (SSSR count). The van der Waals surface area contributed by atoms with Crippen molar-refractivity contribution in [2.75, 3.05) is 0 Å². The molecule has 0 unspecified atom stereocenters. The summed E-state index contributed by atoms with van der Waals surface area (Å²) in [7, 11) is 0. The maximum absolute atomic E-state index is 5.89. The molecule has 1 aliphatic carbocycles. The minimum absolute atomic E-state index is 0.334. The van der Waals surface area contributed by atoms with E-state index in [1.165, 1.54) is 32.1 Å². The van der Waals surface area contributed by atoms with Crippen LogP contribution in [-0.2, 0) is 0 Å². The molecule has 0 saturated heterocycles. The summed E-state index contributed by atoms with van der Waals surface area (Å²) in [6.45, 7) is 3.30. The summed E-state index contributed by atoms with van der Waals surface area (Å²) in [4.78, 5) is 9.58. The van der Waals surface area contributed by atoms with E-state index in [0.717, 1.165) is 32.8 Å². The summed E-state index contributed by atoms with van der Waals surface area (Å²) in [5.41, 5.74) is 11.9. The minimum atomic E-state index is 0.334. The summed E-state index contributed by atoms with van der Waals surface area (Å²) < 4.78 is 2.64. The molecule has 1 fully saturated rings. The Bertz CT molecular complexity index is 1090. The fourth-order valence-corrected chi connectivity index (χ4v) is 4.02. The van der Waals surface area contributed by atoms with Crippen LogP contribution in [0.1, 0.15) is 54.8 Å². The van der Waals surface area contributed by atoms with Crippen molar-refractivity contribution in [2.45, 2.75) is 38.0 Å². The van der Waals surface area contributed by atoms with Gasteiger partial charge in [-0.3, -0.25) is 0 Å². The number of fused-ring (bicyclic) bond motifs is 1. The zero-order valence-electron chi connectivity index (χ0n) is 16.5. The lowest BCUT2D eigenvalue weighted by Gasteiger charge is -2.21. The Morgan fingerprint density at radius 1 is 1.23 bits per heavy atom. The lowest BCUT2D eigenvalue weighted by molar-refractivity contribution is 0.437. The maximum Gasteiger partial charge on any atom is 0.172 e. The number of hydrogen-bond donors (Lipinski definition) is 2. The van der Waals surface area contributed by atoms with Crippen LogP contribution in [0.4, 0.5) is 5.82 Å². The highest BCUT2D eigenvalue weighted by atomic mass is 79.9. The number of halogens is 1. The Kier molecular flexibility index (Phi) is 6.18. The van der Waals surface area contributed by atoms with Gasteiger partial charge in [-0.2, -0.15) is 20.3 Å². The molecule has 0 atom stereocenters. The van der Waals surface area contributed by atoms with Gasteiger partial charge in [-0.25, -0.2) is 9.98 Å². The molecule has 0 radical (unpaired) electrons. The van der Waals surface area contributed by atoms with Gasteiger partial charge in [0, 0.05) is 36.2 Å². The van der Waals surface area contributed by atoms with Crippen LogP contribution in [0.25, 0.3) is 5.65 Å². The van der Waals surface area contributed by atoms with Crippen molar-refractivity contribution < 1.29 is 0 Å². The van der Waals surface area contributed by atoms with Crippen molar-refractivity contribution in [2.24, 2.45) is 20.9 Å². The number of amidine groups is 1. The molecule has 1 aromatic carbocycles. The van der Waals surface area contributed by atoms with Gasteiger partial charge in [0.2, 0.25) is 0 Å². The minimum Gasteiger partial charge on any atom is -0.382 e. The van der Waals surface area contributed by atoms with Crippen molar-refractivity contribution in [3.8, 4) is 0 Å². The van der Waals surface area contributed by atoms with Gasteiger partial charge >= 0.3 is 0 Å². The number of nitrogens with one attached hydrogen (secondary N) is 1. The normalized spacial score (nSPS) is 15.7. The molecule has 0 bridgehead atoms. The lowest BCUT2D eigenvalue weighted by atomic mass is 9.87. The number of aliphatic imine (C=N–C) groups is 1. The van der Waals surface area contributed by atoms with Crippen LogP contribution >= 0.6 is 15.9 Å². The van der Waals surface area contributed by atoms with Gasteiger partial charge in [-0.15, -0.1) is 5.10 Å². The molecule has 0 amide bonds. The molecule has 3 N–H and O–H groups in total. The predicted octanol–water partition coefficient (Wildman–Crippen LogP) is 4.12. The second-order valence-corrected chi connectivity index (χ2v) is 8.09. The average molecular weight is 467 g/mol. The zero-order chi connectivity index (χ0) is 20.9. The molecule has 1 saturated carbocycles. The van der Waals surface area contributed by atoms with Gasteiger partial charge in [-0.1, -0.05) is 43.5 Å². The molecule has 2 heterocycles. The second kappa shape index (κ2) is 9.17. The van der Waals surface area contributed by atoms with Crippen LogP contribution in [0.5, 0.6) is 0 Å². The summed E-state index contributed by atoms with van der Waals surface area (Å²) in [5.74, 6) is 1.58. The number of benzene rings is 1. The predicted molar refractivity (Wildman–Crippen MR) is 124 cm³/mol. The highest BCUT2D eigenvalue weighted by molar-refractivity contribution is 9.10. The molecular formula is C21H23BrN8. The highest BCUT2D eigenvalue weighted by Gasteiger charge is 2.19. The van der Waals surface area contributed by atoms with Crippen LogP contribution in [0, 0.1) is 0 Å². The third-order valence-corrected chi connectivity index (χ3v) is 5.81. The number of nitrogens with zero attached hydrogens (tertiary/aromatic N) is 6. The van der Waals surface area contributed by atoms with Gasteiger partial charge in [0.25, 0.3) is 0 Å². The fourth-order valence-electron chi connectivity index (χ4n) is 3.67. The molecule has 9 heteroatoms. The summed E-state index contributed by atoms with van der Waals surface area (Å²) in [6, 6.07) is 9.69. The molecule has 1 aliphatic rings. The molecule has 0 aliphatic heterocycles. The Morgan fingerprint density at radius 3 is 2.73 bits per heavy atom. The van der Waals surface area contributed by atoms with Gasteiger partial charge in [0.05, 0.1) is 10.7 Å². The Hall–Kier alpha value is -3.07. The third kappa shape index (κ3) is 4.40. The van der Waals surface area contributed by atoms with Gasteiger partial charge < -0.3 is 5.73 Å². The quantitative estimate of drug-likeness (QED) is 0.323. The summed E-state index contributed by atoms with van der Waals surface area (Å²) in [6.07, 6.45) is 9.76. The third-order valence-electron chi connectivity index (χ3n) is 5.25. The number of nitrogens with two attached hydrogens (primary N) is 1. The maximum atomic E-state index is 5.89. The van der Waals surface area contributed by atoms with Crippen molar-refractivity contribution in [3.63, 3.8) is 0 Å². The Morgan fingerprint density at radius 2 is 2.00 bits per heavy atom. The number of hydrogen-bond acceptors (Lipinski definition) is 6. The van der Waals surface area contributed by atoms with E-state index in [9.17, 15) is 0 Å². The van der Waals surface area contributed by atoms with E-state index in [1.807, 2.05) is 30.5 Å². The molecule has 30 heavy (non-hydrogen) atoms. The van der Waals surface area contributed by atoms with Crippen LogP contribution in [0.15, 0.2) is 56.2 Å². The van der Waals surface area contributed by atoms with Crippen LogP contribution in [0.3, 0.4) is 0 Å². The van der Waals surface area contributed by atoms with Gasteiger partial charge in [0.1, 0.15) is 0 Å². The van der Waals surface area contributed by atoms with Crippen LogP contribution in [-0.4, -0.2) is 33.4 Å². The van der Waals surface area contributed by atoms with Crippen LogP contribution < -0.4 is 11.3 Å². The zero-order valence-corrected chi connectivity index (χ0v) is 18.1. The fraction of sp³-hybridized carbons (Fsp3) is 0.286. The molecule has 2 aromatic heterocycles. The number of rotatable bonds is 6.